The summed E-state index contributed by atoms with van der Waals surface area (Å²) in [5.41, 5.74) is 9.86. The molecule has 0 radical (unpaired) electrons. The number of rotatable bonds is 3. The third kappa shape index (κ3) is 2.77. The first-order valence-electron chi connectivity index (χ1n) is 5.47. The highest BCUT2D eigenvalue weighted by Gasteiger charge is 2.05. The van der Waals surface area contributed by atoms with Crippen molar-refractivity contribution in [2.45, 2.75) is 27.4 Å². The van der Waals surface area contributed by atoms with E-state index in [1.165, 1.54) is 0 Å². The van der Waals surface area contributed by atoms with Gasteiger partial charge < -0.3 is 10.5 Å². The Labute approximate surface area is 105 Å². The van der Waals surface area contributed by atoms with E-state index in [1.54, 1.807) is 11.3 Å². The van der Waals surface area contributed by atoms with E-state index >= 15 is 0 Å². The first-order valence-corrected chi connectivity index (χ1v) is 6.35. The number of ether oxygens (including phenoxy) is 1. The minimum Gasteiger partial charge on any atom is -0.486 e. The molecule has 2 N–H and O–H groups in total. The molecule has 2 aromatic rings. The molecule has 2 rings (SSSR count). The molecule has 0 aliphatic carbocycles. The Hall–Kier alpha value is -1.55. The van der Waals surface area contributed by atoms with Gasteiger partial charge in [-0.15, -0.1) is 11.3 Å². The second-order valence-electron chi connectivity index (χ2n) is 4.15. The van der Waals surface area contributed by atoms with Crippen LogP contribution in [0.1, 0.15) is 21.8 Å². The van der Waals surface area contributed by atoms with Gasteiger partial charge >= 0.3 is 0 Å². The van der Waals surface area contributed by atoms with E-state index in [4.69, 9.17) is 10.5 Å². The third-order valence-corrected chi connectivity index (χ3v) is 3.52. The standard InChI is InChI=1S/C13H16N2OS/c1-8-4-9(2)12(5-11(8)14)16-6-13-15-10(3)7-17-13/h4-5,7H,6,14H2,1-3H3. The second kappa shape index (κ2) is 4.75. The van der Waals surface area contributed by atoms with Crippen LogP contribution in [-0.2, 0) is 6.61 Å². The van der Waals surface area contributed by atoms with Crippen molar-refractivity contribution < 1.29 is 4.74 Å². The monoisotopic (exact) mass is 248 g/mol. The van der Waals surface area contributed by atoms with Crippen LogP contribution >= 0.6 is 11.3 Å². The van der Waals surface area contributed by atoms with Crippen molar-refractivity contribution in [1.29, 1.82) is 0 Å². The number of hydrogen-bond acceptors (Lipinski definition) is 4. The molecule has 17 heavy (non-hydrogen) atoms. The van der Waals surface area contributed by atoms with Gasteiger partial charge in [0.05, 0.1) is 0 Å². The number of aromatic nitrogens is 1. The van der Waals surface area contributed by atoms with E-state index in [9.17, 15) is 0 Å². The summed E-state index contributed by atoms with van der Waals surface area (Å²) in [5, 5.41) is 3.01. The smallest absolute Gasteiger partial charge is 0.140 e. The molecule has 0 unspecified atom stereocenters. The molecule has 4 heteroatoms. The number of thiazole rings is 1. The van der Waals surface area contributed by atoms with E-state index in [1.807, 2.05) is 38.3 Å². The minimum absolute atomic E-state index is 0.502. The van der Waals surface area contributed by atoms with Crippen LogP contribution < -0.4 is 10.5 Å². The number of nitrogens with zero attached hydrogens (tertiary/aromatic N) is 1. The minimum atomic E-state index is 0.502. The second-order valence-corrected chi connectivity index (χ2v) is 5.09. The fraction of sp³-hybridized carbons (Fsp3) is 0.308. The first-order chi connectivity index (χ1) is 8.06. The number of benzene rings is 1. The lowest BCUT2D eigenvalue weighted by Crippen LogP contribution is -1.99. The summed E-state index contributed by atoms with van der Waals surface area (Å²) in [6, 6.07) is 3.92. The van der Waals surface area contributed by atoms with Gasteiger partial charge in [0.1, 0.15) is 17.4 Å². The third-order valence-electron chi connectivity index (χ3n) is 2.58. The van der Waals surface area contributed by atoms with E-state index in [0.717, 1.165) is 33.3 Å². The molecular weight excluding hydrogens is 232 g/mol. The summed E-state index contributed by atoms with van der Waals surface area (Å²) in [6.45, 7) is 6.50. The van der Waals surface area contributed by atoms with Gasteiger partial charge in [-0.05, 0) is 31.9 Å². The van der Waals surface area contributed by atoms with Gasteiger partial charge in [0.25, 0.3) is 0 Å². The van der Waals surface area contributed by atoms with Crippen molar-refractivity contribution in [1.82, 2.24) is 4.98 Å². The van der Waals surface area contributed by atoms with Gasteiger partial charge in [-0.2, -0.15) is 0 Å². The molecule has 0 fully saturated rings. The van der Waals surface area contributed by atoms with E-state index in [-0.39, 0.29) is 0 Å². The van der Waals surface area contributed by atoms with Crippen molar-refractivity contribution in [3.8, 4) is 5.75 Å². The molecule has 0 aliphatic heterocycles. The zero-order valence-electron chi connectivity index (χ0n) is 10.3. The fourth-order valence-corrected chi connectivity index (χ4v) is 2.30. The van der Waals surface area contributed by atoms with Crippen LogP contribution in [0.4, 0.5) is 5.69 Å². The number of nitrogen functional groups attached to an aromatic ring is 1. The summed E-state index contributed by atoms with van der Waals surface area (Å²) >= 11 is 1.61. The van der Waals surface area contributed by atoms with Gasteiger partial charge in [-0.1, -0.05) is 6.07 Å². The Morgan fingerprint density at radius 2 is 2.00 bits per heavy atom. The van der Waals surface area contributed by atoms with E-state index < -0.39 is 0 Å². The molecule has 90 valence electrons. The summed E-state index contributed by atoms with van der Waals surface area (Å²) in [6.07, 6.45) is 0. The summed E-state index contributed by atoms with van der Waals surface area (Å²) in [5.74, 6) is 0.834. The van der Waals surface area contributed by atoms with Crippen molar-refractivity contribution in [2.75, 3.05) is 5.73 Å². The lowest BCUT2D eigenvalue weighted by Gasteiger charge is -2.10. The van der Waals surface area contributed by atoms with Crippen molar-refractivity contribution >= 4 is 17.0 Å². The quantitative estimate of drug-likeness (QED) is 0.848. The molecule has 0 atom stereocenters. The molecule has 0 amide bonds. The summed E-state index contributed by atoms with van der Waals surface area (Å²) in [4.78, 5) is 4.36. The average molecular weight is 248 g/mol. The topological polar surface area (TPSA) is 48.1 Å². The highest BCUT2D eigenvalue weighted by Crippen LogP contribution is 2.25. The van der Waals surface area contributed by atoms with Crippen LogP contribution in [0.25, 0.3) is 0 Å². The molecule has 3 nitrogen and oxygen atoms in total. The van der Waals surface area contributed by atoms with E-state index in [2.05, 4.69) is 4.98 Å². The maximum absolute atomic E-state index is 5.87. The Balaban J connectivity index is 2.11. The number of anilines is 1. The average Bonchev–Trinajstić information content (AvgIpc) is 2.68. The molecule has 0 saturated carbocycles. The first kappa shape index (κ1) is 11.9. The lowest BCUT2D eigenvalue weighted by molar-refractivity contribution is 0.303. The highest BCUT2D eigenvalue weighted by atomic mass is 32.1. The van der Waals surface area contributed by atoms with Crippen molar-refractivity contribution in [3.63, 3.8) is 0 Å². The van der Waals surface area contributed by atoms with Crippen molar-refractivity contribution in [3.05, 3.63) is 39.3 Å². The van der Waals surface area contributed by atoms with Crippen LogP contribution in [0.3, 0.4) is 0 Å². The zero-order chi connectivity index (χ0) is 12.4. The Morgan fingerprint density at radius 1 is 1.24 bits per heavy atom. The molecule has 1 aromatic carbocycles. The predicted molar refractivity (Wildman–Crippen MR) is 71.5 cm³/mol. The van der Waals surface area contributed by atoms with Gasteiger partial charge in [0.2, 0.25) is 0 Å². The largest absolute Gasteiger partial charge is 0.486 e. The Bertz CT molecular complexity index is 534. The molecule has 0 spiro atoms. The molecule has 0 saturated heterocycles. The van der Waals surface area contributed by atoms with Crippen LogP contribution in [0.2, 0.25) is 0 Å². The molecule has 1 heterocycles. The van der Waals surface area contributed by atoms with Gasteiger partial charge in [-0.25, -0.2) is 4.98 Å². The number of nitrogens with two attached hydrogens (primary N) is 1. The highest BCUT2D eigenvalue weighted by molar-refractivity contribution is 7.09. The number of hydrogen-bond donors (Lipinski definition) is 1. The molecule has 0 bridgehead atoms. The van der Waals surface area contributed by atoms with Gasteiger partial charge in [-0.3, -0.25) is 0 Å². The number of aryl methyl sites for hydroxylation is 3. The normalized spacial score (nSPS) is 10.5. The molecule has 0 aliphatic rings. The molecular formula is C13H16N2OS. The molecule has 1 aromatic heterocycles. The van der Waals surface area contributed by atoms with Crippen LogP contribution in [0.5, 0.6) is 5.75 Å². The Kier molecular flexibility index (Phi) is 3.33. The summed E-state index contributed by atoms with van der Waals surface area (Å²) in [7, 11) is 0. The predicted octanol–water partition coefficient (Wildman–Crippen LogP) is 3.23. The van der Waals surface area contributed by atoms with Crippen LogP contribution in [0, 0.1) is 20.8 Å². The van der Waals surface area contributed by atoms with Gasteiger partial charge in [0.15, 0.2) is 0 Å². The van der Waals surface area contributed by atoms with E-state index in [0.29, 0.717) is 6.61 Å². The maximum atomic E-state index is 5.87. The van der Waals surface area contributed by atoms with Gasteiger partial charge in [0, 0.05) is 22.8 Å². The SMILES string of the molecule is Cc1csc(COc2cc(N)c(C)cc2C)n1. The summed E-state index contributed by atoms with van der Waals surface area (Å²) < 4.78 is 5.74. The maximum Gasteiger partial charge on any atom is 0.140 e. The van der Waals surface area contributed by atoms with Crippen molar-refractivity contribution in [2.24, 2.45) is 0 Å². The fourth-order valence-electron chi connectivity index (χ4n) is 1.61. The van der Waals surface area contributed by atoms with Crippen LogP contribution in [0.15, 0.2) is 17.5 Å². The van der Waals surface area contributed by atoms with Crippen LogP contribution in [-0.4, -0.2) is 4.98 Å². The lowest BCUT2D eigenvalue weighted by atomic mass is 10.1. The Morgan fingerprint density at radius 3 is 2.65 bits per heavy atom. The zero-order valence-corrected chi connectivity index (χ0v) is 11.1.